The maximum Gasteiger partial charge on any atom is 0.243 e. The van der Waals surface area contributed by atoms with Gasteiger partial charge in [-0.25, -0.2) is 13.4 Å². The van der Waals surface area contributed by atoms with Crippen LogP contribution in [0.15, 0.2) is 24.3 Å². The molecule has 2 aromatic rings. The van der Waals surface area contributed by atoms with E-state index >= 15 is 0 Å². The van der Waals surface area contributed by atoms with Crippen LogP contribution in [0.2, 0.25) is 0 Å². The number of carbonyl (C=O) groups excluding carboxylic acids is 1. The molecule has 2 heterocycles. The van der Waals surface area contributed by atoms with E-state index in [1.807, 2.05) is 49.6 Å². The number of para-hydroxylation sites is 2. The monoisotopic (exact) mass is 377 g/mol. The highest BCUT2D eigenvalue weighted by atomic mass is 32.2. The summed E-state index contributed by atoms with van der Waals surface area (Å²) >= 11 is 0. The molecule has 0 spiro atoms. The van der Waals surface area contributed by atoms with E-state index in [-0.39, 0.29) is 36.0 Å². The molecule has 3 rings (SSSR count). The molecule has 1 amide bonds. The van der Waals surface area contributed by atoms with Crippen molar-refractivity contribution in [2.45, 2.75) is 58.7 Å². The zero-order valence-electron chi connectivity index (χ0n) is 15.7. The lowest BCUT2D eigenvalue weighted by Gasteiger charge is -2.34. The fourth-order valence-corrected chi connectivity index (χ4v) is 5.50. The second kappa shape index (κ2) is 7.39. The van der Waals surface area contributed by atoms with Crippen molar-refractivity contribution in [3.05, 3.63) is 30.1 Å². The van der Waals surface area contributed by atoms with Crippen LogP contribution in [0.1, 0.15) is 39.4 Å². The van der Waals surface area contributed by atoms with Crippen molar-refractivity contribution in [3.63, 3.8) is 0 Å². The van der Waals surface area contributed by atoms with Gasteiger partial charge in [-0.05, 0) is 31.9 Å². The van der Waals surface area contributed by atoms with Crippen LogP contribution in [0.4, 0.5) is 0 Å². The van der Waals surface area contributed by atoms with Crippen molar-refractivity contribution in [3.8, 4) is 0 Å². The molecule has 7 heteroatoms. The van der Waals surface area contributed by atoms with Crippen molar-refractivity contribution in [1.82, 2.24) is 14.5 Å². The van der Waals surface area contributed by atoms with E-state index in [1.54, 1.807) is 4.90 Å². The van der Waals surface area contributed by atoms with Crippen molar-refractivity contribution < 1.29 is 13.2 Å². The molecule has 0 unspecified atom stereocenters. The molecular formula is C19H27N3O3S. The summed E-state index contributed by atoms with van der Waals surface area (Å²) in [5.74, 6) is 1.10. The lowest BCUT2D eigenvalue weighted by molar-refractivity contribution is -0.136. The lowest BCUT2D eigenvalue weighted by atomic mass is 10.1. The van der Waals surface area contributed by atoms with Crippen LogP contribution in [0.25, 0.3) is 11.0 Å². The Hall–Kier alpha value is -1.89. The van der Waals surface area contributed by atoms with Crippen molar-refractivity contribution in [1.29, 1.82) is 0 Å². The molecular weight excluding hydrogens is 350 g/mol. The summed E-state index contributed by atoms with van der Waals surface area (Å²) in [7, 11) is -3.04. The van der Waals surface area contributed by atoms with Gasteiger partial charge in [-0.1, -0.05) is 26.0 Å². The molecule has 1 aromatic heterocycles. The molecule has 0 radical (unpaired) electrons. The van der Waals surface area contributed by atoms with Gasteiger partial charge in [0.1, 0.15) is 12.4 Å². The minimum atomic E-state index is -3.04. The van der Waals surface area contributed by atoms with Gasteiger partial charge >= 0.3 is 0 Å². The molecule has 26 heavy (non-hydrogen) atoms. The molecule has 1 aromatic carbocycles. The third kappa shape index (κ3) is 3.63. The number of fused-ring (bicyclic) bond motifs is 1. The molecule has 0 N–H and O–H groups in total. The minimum absolute atomic E-state index is 0.0145. The number of aromatic nitrogens is 2. The van der Waals surface area contributed by atoms with Crippen molar-refractivity contribution in [2.24, 2.45) is 0 Å². The van der Waals surface area contributed by atoms with Crippen molar-refractivity contribution in [2.75, 3.05) is 11.5 Å². The van der Waals surface area contributed by atoms with Gasteiger partial charge in [-0.3, -0.25) is 4.79 Å². The Morgan fingerprint density at radius 3 is 2.69 bits per heavy atom. The number of rotatable bonds is 6. The maximum absolute atomic E-state index is 13.2. The van der Waals surface area contributed by atoms with Crippen LogP contribution in [0, 0.1) is 0 Å². The zero-order valence-corrected chi connectivity index (χ0v) is 16.5. The molecule has 2 atom stereocenters. The Balaban J connectivity index is 1.91. The highest BCUT2D eigenvalue weighted by Gasteiger charge is 2.36. The Morgan fingerprint density at radius 1 is 1.35 bits per heavy atom. The van der Waals surface area contributed by atoms with Gasteiger partial charge in [-0.15, -0.1) is 0 Å². The first-order chi connectivity index (χ1) is 12.4. The van der Waals surface area contributed by atoms with Gasteiger partial charge in [-0.2, -0.15) is 0 Å². The molecule has 0 saturated carbocycles. The maximum atomic E-state index is 13.2. The number of benzene rings is 1. The summed E-state index contributed by atoms with van der Waals surface area (Å²) in [6.45, 7) is 6.25. The second-order valence-corrected chi connectivity index (χ2v) is 9.30. The summed E-state index contributed by atoms with van der Waals surface area (Å²) in [5.41, 5.74) is 1.83. The number of hydrogen-bond donors (Lipinski definition) is 0. The molecule has 1 aliphatic rings. The van der Waals surface area contributed by atoms with Gasteiger partial charge < -0.3 is 9.47 Å². The van der Waals surface area contributed by atoms with Crippen LogP contribution < -0.4 is 0 Å². The van der Waals surface area contributed by atoms with E-state index in [9.17, 15) is 13.2 Å². The SMILES string of the molecule is CCc1nc2ccccc2n1CC(=O)N([C@H]1CCS(=O)(=O)C1)[C@H](C)CC. The molecule has 1 aliphatic heterocycles. The van der Waals surface area contributed by atoms with E-state index in [0.717, 1.165) is 29.7 Å². The number of nitrogens with zero attached hydrogens (tertiary/aromatic N) is 3. The zero-order chi connectivity index (χ0) is 18.9. The van der Waals surface area contributed by atoms with Crippen LogP contribution in [-0.2, 0) is 27.6 Å². The number of hydrogen-bond acceptors (Lipinski definition) is 4. The predicted molar refractivity (Wildman–Crippen MR) is 103 cm³/mol. The fraction of sp³-hybridized carbons (Fsp3) is 0.579. The highest BCUT2D eigenvalue weighted by molar-refractivity contribution is 7.91. The van der Waals surface area contributed by atoms with Gasteiger partial charge in [0, 0.05) is 18.5 Å². The molecule has 0 aliphatic carbocycles. The molecule has 0 bridgehead atoms. The van der Waals surface area contributed by atoms with Gasteiger partial charge in [0.2, 0.25) is 5.91 Å². The standard InChI is InChI=1S/C19H27N3O3S/c1-4-14(3)22(15-10-11-26(24,25)13-15)19(23)12-21-17-9-7-6-8-16(17)20-18(21)5-2/h6-9,14-15H,4-5,10-13H2,1-3H3/t14-,15+/m1/s1. The largest absolute Gasteiger partial charge is 0.334 e. The minimum Gasteiger partial charge on any atom is -0.334 e. The average Bonchev–Trinajstić information content (AvgIpc) is 3.15. The Labute approximate surface area is 155 Å². The molecule has 142 valence electrons. The molecule has 6 nitrogen and oxygen atoms in total. The van der Waals surface area contributed by atoms with Gasteiger partial charge in [0.15, 0.2) is 9.84 Å². The third-order valence-electron chi connectivity index (χ3n) is 5.30. The Kier molecular flexibility index (Phi) is 5.37. The fourth-order valence-electron chi connectivity index (χ4n) is 3.79. The highest BCUT2D eigenvalue weighted by Crippen LogP contribution is 2.23. The number of amides is 1. The first kappa shape index (κ1) is 18.9. The number of imidazole rings is 1. The summed E-state index contributed by atoms with van der Waals surface area (Å²) in [4.78, 5) is 19.6. The number of sulfone groups is 1. The Bertz CT molecular complexity index is 904. The molecule has 1 saturated heterocycles. The first-order valence-electron chi connectivity index (χ1n) is 9.32. The Morgan fingerprint density at radius 2 is 2.08 bits per heavy atom. The average molecular weight is 378 g/mol. The number of aryl methyl sites for hydroxylation is 1. The number of carbonyl (C=O) groups is 1. The van der Waals surface area contributed by atoms with Crippen molar-refractivity contribution >= 4 is 26.8 Å². The third-order valence-corrected chi connectivity index (χ3v) is 7.05. The second-order valence-electron chi connectivity index (χ2n) is 7.07. The van der Waals surface area contributed by atoms with E-state index in [0.29, 0.717) is 6.42 Å². The first-order valence-corrected chi connectivity index (χ1v) is 11.1. The summed E-state index contributed by atoms with van der Waals surface area (Å²) in [6.07, 6.45) is 2.07. The van der Waals surface area contributed by atoms with E-state index < -0.39 is 9.84 Å². The molecule has 1 fully saturated rings. The van der Waals surface area contributed by atoms with E-state index in [2.05, 4.69) is 4.98 Å². The predicted octanol–water partition coefficient (Wildman–Crippen LogP) is 2.41. The topological polar surface area (TPSA) is 72.3 Å². The lowest BCUT2D eigenvalue weighted by Crippen LogP contribution is -2.48. The van der Waals surface area contributed by atoms with E-state index in [1.165, 1.54) is 0 Å². The summed E-state index contributed by atoms with van der Waals surface area (Å²) < 4.78 is 25.8. The van der Waals surface area contributed by atoms with Crippen LogP contribution in [-0.4, -0.2) is 52.4 Å². The van der Waals surface area contributed by atoms with Gasteiger partial charge in [0.25, 0.3) is 0 Å². The van der Waals surface area contributed by atoms with E-state index in [4.69, 9.17) is 0 Å². The summed E-state index contributed by atoms with van der Waals surface area (Å²) in [5, 5.41) is 0. The smallest absolute Gasteiger partial charge is 0.243 e. The van der Waals surface area contributed by atoms with Gasteiger partial charge in [0.05, 0.1) is 22.5 Å². The summed E-state index contributed by atoms with van der Waals surface area (Å²) in [6, 6.07) is 7.60. The van der Waals surface area contributed by atoms with Crippen LogP contribution in [0.5, 0.6) is 0 Å². The normalized spacial score (nSPS) is 20.3. The van der Waals surface area contributed by atoms with Crippen LogP contribution in [0.3, 0.4) is 0 Å². The van der Waals surface area contributed by atoms with Crippen LogP contribution >= 0.6 is 0 Å². The quantitative estimate of drug-likeness (QED) is 0.775.